The van der Waals surface area contributed by atoms with Crippen molar-refractivity contribution in [1.29, 1.82) is 0 Å². The van der Waals surface area contributed by atoms with Crippen molar-refractivity contribution in [3.05, 3.63) is 0 Å². The Morgan fingerprint density at radius 1 is 1.40 bits per heavy atom. The molecule has 2 N–H and O–H groups in total. The molecule has 6 heteroatoms. The molecule has 2 fully saturated rings. The summed E-state index contributed by atoms with van der Waals surface area (Å²) in [5.41, 5.74) is 0. The first-order valence-electron chi connectivity index (χ1n) is 7.74. The maximum Gasteiger partial charge on any atom is 0.317 e. The van der Waals surface area contributed by atoms with Crippen molar-refractivity contribution in [2.24, 2.45) is 0 Å². The van der Waals surface area contributed by atoms with Gasteiger partial charge in [-0.25, -0.2) is 4.79 Å². The summed E-state index contributed by atoms with van der Waals surface area (Å²) in [7, 11) is 0. The first-order chi connectivity index (χ1) is 9.69. The normalized spacial score (nSPS) is 25.7. The number of urea groups is 1. The van der Waals surface area contributed by atoms with Crippen molar-refractivity contribution < 1.29 is 14.6 Å². The first-order valence-corrected chi connectivity index (χ1v) is 7.74. The second kappa shape index (κ2) is 7.81. The SMILES string of the molecule is CC[C@@H](O)CN1CCN(C(=O)NC[C@H]2CCCO2)CC1. The van der Waals surface area contributed by atoms with Crippen LogP contribution in [0.2, 0.25) is 0 Å². The maximum absolute atomic E-state index is 12.0. The third-order valence-electron chi connectivity index (χ3n) is 4.10. The van der Waals surface area contributed by atoms with E-state index in [4.69, 9.17) is 4.74 Å². The predicted octanol–water partition coefficient (Wildman–Crippen LogP) is 0.264. The molecular formula is C14H27N3O3. The zero-order valence-electron chi connectivity index (χ0n) is 12.4. The molecule has 2 aliphatic rings. The van der Waals surface area contributed by atoms with Crippen LogP contribution in [0.4, 0.5) is 4.79 Å². The zero-order chi connectivity index (χ0) is 14.4. The van der Waals surface area contributed by atoms with Gasteiger partial charge in [0, 0.05) is 45.9 Å². The van der Waals surface area contributed by atoms with Gasteiger partial charge in [-0.05, 0) is 19.3 Å². The van der Waals surface area contributed by atoms with E-state index in [2.05, 4.69) is 10.2 Å². The molecule has 0 bridgehead atoms. The monoisotopic (exact) mass is 285 g/mol. The highest BCUT2D eigenvalue weighted by molar-refractivity contribution is 5.74. The summed E-state index contributed by atoms with van der Waals surface area (Å²) in [5.74, 6) is 0. The molecule has 0 saturated carbocycles. The Bertz CT molecular complexity index is 300. The van der Waals surface area contributed by atoms with Gasteiger partial charge in [0.1, 0.15) is 0 Å². The Hall–Kier alpha value is -0.850. The fourth-order valence-corrected chi connectivity index (χ4v) is 2.68. The summed E-state index contributed by atoms with van der Waals surface area (Å²) in [4.78, 5) is 16.1. The molecule has 0 aliphatic carbocycles. The van der Waals surface area contributed by atoms with E-state index < -0.39 is 0 Å². The van der Waals surface area contributed by atoms with Crippen LogP contribution in [-0.4, -0.2) is 79.0 Å². The number of nitrogens with one attached hydrogen (secondary N) is 1. The number of hydrogen-bond acceptors (Lipinski definition) is 4. The molecule has 2 saturated heterocycles. The fraction of sp³-hybridized carbons (Fsp3) is 0.929. The number of aliphatic hydroxyl groups excluding tert-OH is 1. The second-order valence-corrected chi connectivity index (χ2v) is 5.67. The highest BCUT2D eigenvalue weighted by Crippen LogP contribution is 2.11. The van der Waals surface area contributed by atoms with Gasteiger partial charge < -0.3 is 20.1 Å². The number of carbonyl (C=O) groups is 1. The molecule has 2 amide bonds. The minimum absolute atomic E-state index is 0.0104. The lowest BCUT2D eigenvalue weighted by atomic mass is 10.2. The average Bonchev–Trinajstić information content (AvgIpc) is 2.98. The van der Waals surface area contributed by atoms with E-state index in [0.717, 1.165) is 52.0 Å². The number of rotatable bonds is 5. The standard InChI is InChI=1S/C14H27N3O3/c1-2-12(18)11-16-5-7-17(8-6-16)14(19)15-10-13-4-3-9-20-13/h12-13,18H,2-11H2,1H3,(H,15,19)/t12-,13-/m1/s1. The lowest BCUT2D eigenvalue weighted by molar-refractivity contribution is 0.0767. The molecule has 2 atom stereocenters. The Morgan fingerprint density at radius 3 is 2.75 bits per heavy atom. The van der Waals surface area contributed by atoms with Crippen molar-refractivity contribution in [2.45, 2.75) is 38.4 Å². The largest absolute Gasteiger partial charge is 0.392 e. The van der Waals surface area contributed by atoms with Gasteiger partial charge in [0.25, 0.3) is 0 Å². The summed E-state index contributed by atoms with van der Waals surface area (Å²) < 4.78 is 5.49. The Kier molecular flexibility index (Phi) is 6.06. The van der Waals surface area contributed by atoms with Crippen LogP contribution in [0.15, 0.2) is 0 Å². The van der Waals surface area contributed by atoms with Crippen LogP contribution in [0.25, 0.3) is 0 Å². The molecule has 0 unspecified atom stereocenters. The van der Waals surface area contributed by atoms with Crippen LogP contribution >= 0.6 is 0 Å². The Labute approximate surface area is 121 Å². The number of hydrogen-bond donors (Lipinski definition) is 2. The zero-order valence-corrected chi connectivity index (χ0v) is 12.4. The fourth-order valence-electron chi connectivity index (χ4n) is 2.68. The van der Waals surface area contributed by atoms with E-state index in [1.54, 1.807) is 0 Å². The van der Waals surface area contributed by atoms with E-state index >= 15 is 0 Å². The molecular weight excluding hydrogens is 258 g/mol. The summed E-state index contributed by atoms with van der Waals surface area (Å²) in [6, 6.07) is 0.0104. The Morgan fingerprint density at radius 2 is 2.15 bits per heavy atom. The van der Waals surface area contributed by atoms with Crippen LogP contribution in [0.1, 0.15) is 26.2 Å². The third kappa shape index (κ3) is 4.61. The smallest absolute Gasteiger partial charge is 0.317 e. The topological polar surface area (TPSA) is 65.0 Å². The molecule has 0 aromatic rings. The van der Waals surface area contributed by atoms with Gasteiger partial charge in [-0.1, -0.05) is 6.92 Å². The van der Waals surface area contributed by atoms with E-state index in [1.165, 1.54) is 0 Å². The number of aliphatic hydroxyl groups is 1. The van der Waals surface area contributed by atoms with E-state index in [9.17, 15) is 9.90 Å². The van der Waals surface area contributed by atoms with Crippen molar-refractivity contribution in [2.75, 3.05) is 45.9 Å². The molecule has 0 radical (unpaired) electrons. The number of piperazine rings is 1. The lowest BCUT2D eigenvalue weighted by Gasteiger charge is -2.35. The molecule has 2 heterocycles. The highest BCUT2D eigenvalue weighted by Gasteiger charge is 2.23. The van der Waals surface area contributed by atoms with Crippen molar-refractivity contribution in [3.8, 4) is 0 Å². The van der Waals surface area contributed by atoms with Gasteiger partial charge in [0.2, 0.25) is 0 Å². The van der Waals surface area contributed by atoms with Crippen molar-refractivity contribution in [1.82, 2.24) is 15.1 Å². The van der Waals surface area contributed by atoms with E-state index in [1.807, 2.05) is 11.8 Å². The number of β-amino-alcohol motifs (C(OH)–C–C–N with tert-alkyl or cyclic N) is 1. The Balaban J connectivity index is 1.63. The predicted molar refractivity (Wildman–Crippen MR) is 76.7 cm³/mol. The number of carbonyl (C=O) groups excluding carboxylic acids is 1. The molecule has 2 aliphatic heterocycles. The van der Waals surface area contributed by atoms with E-state index in [-0.39, 0.29) is 18.2 Å². The molecule has 6 nitrogen and oxygen atoms in total. The van der Waals surface area contributed by atoms with Crippen molar-refractivity contribution >= 4 is 6.03 Å². The minimum atomic E-state index is -0.255. The van der Waals surface area contributed by atoms with Gasteiger partial charge in [-0.2, -0.15) is 0 Å². The quantitative estimate of drug-likeness (QED) is 0.761. The van der Waals surface area contributed by atoms with Crippen LogP contribution in [-0.2, 0) is 4.74 Å². The van der Waals surface area contributed by atoms with Gasteiger partial charge in [-0.15, -0.1) is 0 Å². The van der Waals surface area contributed by atoms with Gasteiger partial charge in [0.15, 0.2) is 0 Å². The lowest BCUT2D eigenvalue weighted by Crippen LogP contribution is -2.53. The highest BCUT2D eigenvalue weighted by atomic mass is 16.5. The molecule has 0 spiro atoms. The first kappa shape index (κ1) is 15.5. The van der Waals surface area contributed by atoms with Gasteiger partial charge in [-0.3, -0.25) is 4.90 Å². The summed E-state index contributed by atoms with van der Waals surface area (Å²) in [6.07, 6.45) is 2.86. The average molecular weight is 285 g/mol. The van der Waals surface area contributed by atoms with E-state index in [0.29, 0.717) is 13.1 Å². The molecule has 0 aromatic heterocycles. The van der Waals surface area contributed by atoms with Crippen LogP contribution in [0, 0.1) is 0 Å². The molecule has 20 heavy (non-hydrogen) atoms. The molecule has 0 aromatic carbocycles. The van der Waals surface area contributed by atoms with Gasteiger partial charge >= 0.3 is 6.03 Å². The van der Waals surface area contributed by atoms with Crippen LogP contribution < -0.4 is 5.32 Å². The number of amides is 2. The molecule has 2 rings (SSSR count). The summed E-state index contributed by atoms with van der Waals surface area (Å²) in [5, 5.41) is 12.6. The third-order valence-corrected chi connectivity index (χ3v) is 4.10. The number of nitrogens with zero attached hydrogens (tertiary/aromatic N) is 2. The van der Waals surface area contributed by atoms with Crippen LogP contribution in [0.5, 0.6) is 0 Å². The molecule has 116 valence electrons. The van der Waals surface area contributed by atoms with Gasteiger partial charge in [0.05, 0.1) is 12.2 Å². The second-order valence-electron chi connectivity index (χ2n) is 5.67. The minimum Gasteiger partial charge on any atom is -0.392 e. The van der Waals surface area contributed by atoms with Crippen LogP contribution in [0.3, 0.4) is 0 Å². The number of ether oxygens (including phenoxy) is 1. The maximum atomic E-state index is 12.0. The summed E-state index contributed by atoms with van der Waals surface area (Å²) in [6.45, 7) is 7.27. The van der Waals surface area contributed by atoms with Crippen molar-refractivity contribution in [3.63, 3.8) is 0 Å². The summed E-state index contributed by atoms with van der Waals surface area (Å²) >= 11 is 0.